The second kappa shape index (κ2) is 5.54. The highest BCUT2D eigenvalue weighted by molar-refractivity contribution is 5.60. The van der Waals surface area contributed by atoms with Gasteiger partial charge in [-0.15, -0.1) is 0 Å². The number of aryl methyl sites for hydroxylation is 1. The molecule has 1 unspecified atom stereocenters. The van der Waals surface area contributed by atoms with Gasteiger partial charge in [0.05, 0.1) is 6.17 Å². The summed E-state index contributed by atoms with van der Waals surface area (Å²) in [6, 6.07) is 6.07. The molecule has 0 aromatic heterocycles. The molecule has 0 saturated heterocycles. The lowest BCUT2D eigenvalue weighted by molar-refractivity contribution is 0.341. The van der Waals surface area contributed by atoms with Gasteiger partial charge in [0.2, 0.25) is 0 Å². The standard InChI is InChI=1S/C13H18FN/c1-4-11-6-8-12(7-5-10(2)14)13(9-11)15-3/h4,6,8-10,15H,1,5,7H2,2-3H3. The van der Waals surface area contributed by atoms with Crippen LogP contribution in [0.2, 0.25) is 0 Å². The van der Waals surface area contributed by atoms with Gasteiger partial charge in [0.15, 0.2) is 0 Å². The predicted octanol–water partition coefficient (Wildman–Crippen LogP) is 3.66. The lowest BCUT2D eigenvalue weighted by Gasteiger charge is -2.10. The Hall–Kier alpha value is -1.31. The fourth-order valence-electron chi connectivity index (χ4n) is 1.53. The molecule has 0 aliphatic heterocycles. The van der Waals surface area contributed by atoms with Crippen LogP contribution in [-0.4, -0.2) is 13.2 Å². The Morgan fingerprint density at radius 1 is 1.53 bits per heavy atom. The SMILES string of the molecule is C=Cc1ccc(CCC(C)F)c(NC)c1. The van der Waals surface area contributed by atoms with Gasteiger partial charge in [-0.05, 0) is 37.0 Å². The zero-order valence-electron chi connectivity index (χ0n) is 9.39. The number of hydrogen-bond acceptors (Lipinski definition) is 1. The van der Waals surface area contributed by atoms with Crippen LogP contribution in [0.25, 0.3) is 6.08 Å². The Labute approximate surface area is 91.0 Å². The molecule has 0 fully saturated rings. The molecule has 0 aliphatic carbocycles. The van der Waals surface area contributed by atoms with Gasteiger partial charge in [-0.25, -0.2) is 4.39 Å². The third-order valence-electron chi connectivity index (χ3n) is 2.45. The van der Waals surface area contributed by atoms with Crippen LogP contribution in [0.4, 0.5) is 10.1 Å². The highest BCUT2D eigenvalue weighted by Crippen LogP contribution is 2.20. The van der Waals surface area contributed by atoms with E-state index in [2.05, 4.69) is 11.9 Å². The normalized spacial score (nSPS) is 12.2. The molecular formula is C13H18FN. The number of rotatable bonds is 5. The first-order valence-electron chi connectivity index (χ1n) is 5.24. The maximum atomic E-state index is 12.7. The van der Waals surface area contributed by atoms with Crippen LogP contribution in [0.1, 0.15) is 24.5 Å². The van der Waals surface area contributed by atoms with Crippen LogP contribution in [0.15, 0.2) is 24.8 Å². The molecule has 0 amide bonds. The number of benzene rings is 1. The second-order valence-corrected chi connectivity index (χ2v) is 3.69. The van der Waals surface area contributed by atoms with Crippen LogP contribution >= 0.6 is 0 Å². The van der Waals surface area contributed by atoms with Crippen molar-refractivity contribution < 1.29 is 4.39 Å². The molecule has 0 radical (unpaired) electrons. The summed E-state index contributed by atoms with van der Waals surface area (Å²) in [5.41, 5.74) is 3.30. The quantitative estimate of drug-likeness (QED) is 0.777. The highest BCUT2D eigenvalue weighted by atomic mass is 19.1. The summed E-state index contributed by atoms with van der Waals surface area (Å²) in [7, 11) is 1.88. The zero-order valence-corrected chi connectivity index (χ0v) is 9.39. The van der Waals surface area contributed by atoms with Gasteiger partial charge in [0.1, 0.15) is 0 Å². The molecule has 1 aromatic rings. The third-order valence-corrected chi connectivity index (χ3v) is 2.45. The minimum atomic E-state index is -0.742. The highest BCUT2D eigenvalue weighted by Gasteiger charge is 2.04. The largest absolute Gasteiger partial charge is 0.388 e. The fraction of sp³-hybridized carbons (Fsp3) is 0.385. The van der Waals surface area contributed by atoms with Crippen LogP contribution in [0.3, 0.4) is 0 Å². The monoisotopic (exact) mass is 207 g/mol. The maximum Gasteiger partial charge on any atom is 0.0976 e. The molecule has 1 atom stereocenters. The van der Waals surface area contributed by atoms with Crippen molar-refractivity contribution in [3.05, 3.63) is 35.9 Å². The van der Waals surface area contributed by atoms with Gasteiger partial charge < -0.3 is 5.32 Å². The Balaban J connectivity index is 2.82. The number of hydrogen-bond donors (Lipinski definition) is 1. The fourth-order valence-corrected chi connectivity index (χ4v) is 1.53. The number of alkyl halides is 1. The van der Waals surface area contributed by atoms with Crippen molar-refractivity contribution in [3.63, 3.8) is 0 Å². The van der Waals surface area contributed by atoms with Crippen LogP contribution in [0.5, 0.6) is 0 Å². The summed E-state index contributed by atoms with van der Waals surface area (Å²) in [6.07, 6.45) is 2.41. The summed E-state index contributed by atoms with van der Waals surface area (Å²) in [6.45, 7) is 5.32. The predicted molar refractivity (Wildman–Crippen MR) is 65.0 cm³/mol. The molecule has 2 heteroatoms. The molecule has 0 saturated carbocycles. The van der Waals surface area contributed by atoms with E-state index >= 15 is 0 Å². The topological polar surface area (TPSA) is 12.0 Å². The Bertz CT molecular complexity index is 331. The van der Waals surface area contributed by atoms with Crippen molar-refractivity contribution in [2.75, 3.05) is 12.4 Å². The first-order valence-corrected chi connectivity index (χ1v) is 5.24. The third kappa shape index (κ3) is 3.39. The van der Waals surface area contributed by atoms with Crippen molar-refractivity contribution >= 4 is 11.8 Å². The Morgan fingerprint density at radius 2 is 2.27 bits per heavy atom. The van der Waals surface area contributed by atoms with Gasteiger partial charge in [0.25, 0.3) is 0 Å². The van der Waals surface area contributed by atoms with Gasteiger partial charge in [-0.3, -0.25) is 0 Å². The zero-order chi connectivity index (χ0) is 11.3. The first-order chi connectivity index (χ1) is 7.17. The van der Waals surface area contributed by atoms with E-state index in [1.54, 1.807) is 6.92 Å². The van der Waals surface area contributed by atoms with E-state index in [1.807, 2.05) is 31.3 Å². The van der Waals surface area contributed by atoms with Gasteiger partial charge in [-0.2, -0.15) is 0 Å². The minimum absolute atomic E-state index is 0.572. The summed E-state index contributed by atoms with van der Waals surface area (Å²) in [5, 5.41) is 3.12. The van der Waals surface area contributed by atoms with E-state index in [-0.39, 0.29) is 0 Å². The van der Waals surface area contributed by atoms with Crippen molar-refractivity contribution in [1.82, 2.24) is 0 Å². The van der Waals surface area contributed by atoms with Crippen molar-refractivity contribution in [2.45, 2.75) is 25.9 Å². The lowest BCUT2D eigenvalue weighted by atomic mass is 10.0. The van der Waals surface area contributed by atoms with E-state index in [0.29, 0.717) is 6.42 Å². The number of anilines is 1. The maximum absolute atomic E-state index is 12.7. The van der Waals surface area contributed by atoms with E-state index in [4.69, 9.17) is 0 Å². The lowest BCUT2D eigenvalue weighted by Crippen LogP contribution is -2.00. The molecule has 0 aliphatic rings. The molecule has 1 N–H and O–H groups in total. The molecule has 1 aromatic carbocycles. The second-order valence-electron chi connectivity index (χ2n) is 3.69. The summed E-state index contributed by atoms with van der Waals surface area (Å²) >= 11 is 0. The van der Waals surface area contributed by atoms with E-state index in [9.17, 15) is 4.39 Å². The summed E-state index contributed by atoms with van der Waals surface area (Å²) in [5.74, 6) is 0. The van der Waals surface area contributed by atoms with E-state index in [0.717, 1.165) is 23.2 Å². The molecule has 0 bridgehead atoms. The smallest absolute Gasteiger partial charge is 0.0976 e. The summed E-state index contributed by atoms with van der Waals surface area (Å²) < 4.78 is 12.7. The molecule has 0 spiro atoms. The van der Waals surface area contributed by atoms with Gasteiger partial charge in [0, 0.05) is 12.7 Å². The van der Waals surface area contributed by atoms with Gasteiger partial charge >= 0.3 is 0 Å². The molecule has 1 nitrogen and oxygen atoms in total. The van der Waals surface area contributed by atoms with Crippen LogP contribution in [0, 0.1) is 0 Å². The number of halogens is 1. The molecule has 82 valence electrons. The minimum Gasteiger partial charge on any atom is -0.388 e. The number of nitrogens with one attached hydrogen (secondary N) is 1. The molecular weight excluding hydrogens is 189 g/mol. The van der Waals surface area contributed by atoms with Crippen LogP contribution in [-0.2, 0) is 6.42 Å². The Morgan fingerprint density at radius 3 is 2.80 bits per heavy atom. The van der Waals surface area contributed by atoms with Crippen molar-refractivity contribution in [1.29, 1.82) is 0 Å². The first kappa shape index (κ1) is 11.8. The molecule has 0 heterocycles. The average Bonchev–Trinajstić information content (AvgIpc) is 2.25. The van der Waals surface area contributed by atoms with E-state index in [1.165, 1.54) is 0 Å². The average molecular weight is 207 g/mol. The molecule has 15 heavy (non-hydrogen) atoms. The Kier molecular flexibility index (Phi) is 4.35. The van der Waals surface area contributed by atoms with E-state index < -0.39 is 6.17 Å². The summed E-state index contributed by atoms with van der Waals surface area (Å²) in [4.78, 5) is 0. The molecule has 1 rings (SSSR count). The van der Waals surface area contributed by atoms with Crippen molar-refractivity contribution in [2.24, 2.45) is 0 Å². The van der Waals surface area contributed by atoms with Crippen molar-refractivity contribution in [3.8, 4) is 0 Å². The van der Waals surface area contributed by atoms with Crippen LogP contribution < -0.4 is 5.32 Å². The van der Waals surface area contributed by atoms with Gasteiger partial charge in [-0.1, -0.05) is 24.8 Å².